The summed E-state index contributed by atoms with van der Waals surface area (Å²) in [6.45, 7) is 0.431. The van der Waals surface area contributed by atoms with Gasteiger partial charge in [-0.25, -0.2) is 4.79 Å². The lowest BCUT2D eigenvalue weighted by Crippen LogP contribution is -2.61. The monoisotopic (exact) mass is 388 g/mol. The fourth-order valence-electron chi connectivity index (χ4n) is 3.12. The van der Waals surface area contributed by atoms with E-state index in [0.29, 0.717) is 0 Å². The lowest BCUT2D eigenvalue weighted by molar-refractivity contribution is -0.307. The molecular weight excluding hydrogens is 364 g/mol. The van der Waals surface area contributed by atoms with Crippen molar-refractivity contribution in [3.63, 3.8) is 0 Å². The molecule has 2 aromatic rings. The number of carboxylic acid groups (broad SMARTS) is 1. The molecule has 5 atom stereocenters. The van der Waals surface area contributed by atoms with E-state index in [1.807, 2.05) is 60.7 Å². The molecule has 0 saturated carbocycles. The summed E-state index contributed by atoms with van der Waals surface area (Å²) in [6, 6.07) is 18.9. The molecule has 1 saturated heterocycles. The van der Waals surface area contributed by atoms with Crippen LogP contribution < -0.4 is 0 Å². The van der Waals surface area contributed by atoms with Gasteiger partial charge in [-0.1, -0.05) is 60.7 Å². The van der Waals surface area contributed by atoms with Crippen molar-refractivity contribution in [2.45, 2.75) is 43.9 Å². The van der Waals surface area contributed by atoms with E-state index in [1.54, 1.807) is 0 Å². The molecule has 0 aromatic heterocycles. The highest BCUT2D eigenvalue weighted by molar-refractivity contribution is 5.73. The van der Waals surface area contributed by atoms with Gasteiger partial charge in [0.1, 0.15) is 18.3 Å². The number of hydrogen-bond donors (Lipinski definition) is 2. The van der Waals surface area contributed by atoms with Gasteiger partial charge < -0.3 is 29.2 Å². The molecule has 0 amide bonds. The average molecular weight is 388 g/mol. The Bertz CT molecular complexity index is 737. The zero-order valence-electron chi connectivity index (χ0n) is 15.5. The fourth-order valence-corrected chi connectivity index (χ4v) is 3.12. The Balaban J connectivity index is 1.77. The molecule has 2 aromatic carbocycles. The summed E-state index contributed by atoms with van der Waals surface area (Å²) >= 11 is 0. The highest BCUT2D eigenvalue weighted by Crippen LogP contribution is 2.28. The third-order valence-electron chi connectivity index (χ3n) is 4.57. The molecule has 0 unspecified atom stereocenters. The Morgan fingerprint density at radius 3 is 1.89 bits per heavy atom. The van der Waals surface area contributed by atoms with Gasteiger partial charge in [0.15, 0.2) is 12.4 Å². The molecular formula is C21H24O7. The van der Waals surface area contributed by atoms with Crippen molar-refractivity contribution in [2.75, 3.05) is 7.11 Å². The highest BCUT2D eigenvalue weighted by atomic mass is 16.7. The first-order chi connectivity index (χ1) is 13.6. The minimum Gasteiger partial charge on any atom is -0.479 e. The zero-order chi connectivity index (χ0) is 19.9. The minimum absolute atomic E-state index is 0.191. The van der Waals surface area contributed by atoms with Crippen LogP contribution in [0.1, 0.15) is 11.1 Å². The van der Waals surface area contributed by atoms with Crippen molar-refractivity contribution in [3.8, 4) is 0 Å². The van der Waals surface area contributed by atoms with Crippen LogP contribution in [0.25, 0.3) is 0 Å². The molecule has 150 valence electrons. The summed E-state index contributed by atoms with van der Waals surface area (Å²) in [6.07, 6.45) is -5.62. The van der Waals surface area contributed by atoms with Crippen LogP contribution in [-0.4, -0.2) is 54.0 Å². The summed E-state index contributed by atoms with van der Waals surface area (Å²) < 4.78 is 22.6. The maximum absolute atomic E-state index is 11.5. The van der Waals surface area contributed by atoms with Crippen LogP contribution >= 0.6 is 0 Å². The lowest BCUT2D eigenvalue weighted by Gasteiger charge is -2.42. The Kier molecular flexibility index (Phi) is 7.13. The predicted octanol–water partition coefficient (Wildman–Crippen LogP) is 1.97. The van der Waals surface area contributed by atoms with E-state index in [9.17, 15) is 15.0 Å². The summed E-state index contributed by atoms with van der Waals surface area (Å²) in [5, 5.41) is 20.0. The number of aliphatic carboxylic acids is 1. The number of methoxy groups -OCH3 is 1. The van der Waals surface area contributed by atoms with Crippen molar-refractivity contribution >= 4 is 5.97 Å². The van der Waals surface area contributed by atoms with Gasteiger partial charge in [0.25, 0.3) is 0 Å². The molecule has 1 aliphatic heterocycles. The van der Waals surface area contributed by atoms with Gasteiger partial charge in [-0.2, -0.15) is 0 Å². The molecule has 7 nitrogen and oxygen atoms in total. The van der Waals surface area contributed by atoms with Crippen molar-refractivity contribution in [1.82, 2.24) is 0 Å². The summed E-state index contributed by atoms with van der Waals surface area (Å²) in [5.41, 5.74) is 1.82. The van der Waals surface area contributed by atoms with Crippen molar-refractivity contribution in [3.05, 3.63) is 71.8 Å². The smallest absolute Gasteiger partial charge is 0.335 e. The molecule has 0 radical (unpaired) electrons. The first-order valence-electron chi connectivity index (χ1n) is 9.00. The number of hydrogen-bond acceptors (Lipinski definition) is 6. The molecule has 0 spiro atoms. The van der Waals surface area contributed by atoms with E-state index in [2.05, 4.69) is 0 Å². The normalized spacial score (nSPS) is 27.4. The number of carbonyl (C=O) groups is 1. The molecule has 28 heavy (non-hydrogen) atoms. The number of aliphatic hydroxyl groups excluding tert-OH is 1. The van der Waals surface area contributed by atoms with Crippen LogP contribution in [0.5, 0.6) is 0 Å². The second-order valence-corrected chi connectivity index (χ2v) is 6.51. The summed E-state index contributed by atoms with van der Waals surface area (Å²) in [7, 11) is 1.40. The Morgan fingerprint density at radius 1 is 0.929 bits per heavy atom. The summed E-state index contributed by atoms with van der Waals surface area (Å²) in [4.78, 5) is 11.5. The molecule has 0 aliphatic carbocycles. The number of aliphatic hydroxyl groups is 1. The molecule has 1 fully saturated rings. The Hall–Kier alpha value is -2.29. The molecule has 0 bridgehead atoms. The van der Waals surface area contributed by atoms with Crippen LogP contribution in [-0.2, 0) is 37.0 Å². The first kappa shape index (κ1) is 20.4. The number of benzene rings is 2. The maximum Gasteiger partial charge on any atom is 0.335 e. The van der Waals surface area contributed by atoms with E-state index < -0.39 is 36.7 Å². The van der Waals surface area contributed by atoms with Crippen LogP contribution in [0.4, 0.5) is 0 Å². The van der Waals surface area contributed by atoms with Crippen molar-refractivity contribution < 1.29 is 34.0 Å². The topological polar surface area (TPSA) is 94.5 Å². The second kappa shape index (κ2) is 9.77. The van der Waals surface area contributed by atoms with Gasteiger partial charge in [0, 0.05) is 7.11 Å². The van der Waals surface area contributed by atoms with Crippen LogP contribution in [0.15, 0.2) is 60.7 Å². The number of ether oxygens (including phenoxy) is 4. The standard InChI is InChI=1S/C21H24O7/c1-25-21-19(27-13-15-10-6-3-7-11-15)17(16(22)18(28-21)20(23)24)26-12-14-8-4-2-5-9-14/h2-11,16-19,21-22H,12-13H2,1H3,(H,23,24)/t16-,17-,18+,19+,21+/m0/s1. The van der Waals surface area contributed by atoms with Gasteiger partial charge in [0.05, 0.1) is 13.2 Å². The second-order valence-electron chi connectivity index (χ2n) is 6.51. The molecule has 3 rings (SSSR count). The number of rotatable bonds is 8. The largest absolute Gasteiger partial charge is 0.479 e. The van der Waals surface area contributed by atoms with Gasteiger partial charge in [0.2, 0.25) is 0 Å². The quantitative estimate of drug-likeness (QED) is 0.714. The van der Waals surface area contributed by atoms with Crippen LogP contribution in [0.2, 0.25) is 0 Å². The van der Waals surface area contributed by atoms with Gasteiger partial charge in [-0.05, 0) is 11.1 Å². The molecule has 7 heteroatoms. The highest BCUT2D eigenvalue weighted by Gasteiger charge is 2.50. The van der Waals surface area contributed by atoms with E-state index >= 15 is 0 Å². The SMILES string of the molecule is CO[C@@H]1O[C@@H](C(=O)O)[C@@H](O)[C@H](OCc2ccccc2)[C@H]1OCc1ccccc1. The number of carboxylic acids is 1. The Labute approximate surface area is 163 Å². The van der Waals surface area contributed by atoms with Gasteiger partial charge >= 0.3 is 5.97 Å². The zero-order valence-corrected chi connectivity index (χ0v) is 15.5. The van der Waals surface area contributed by atoms with Gasteiger partial charge in [-0.15, -0.1) is 0 Å². The molecule has 1 aliphatic rings. The van der Waals surface area contributed by atoms with E-state index in [1.165, 1.54) is 7.11 Å². The predicted molar refractivity (Wildman–Crippen MR) is 99.4 cm³/mol. The maximum atomic E-state index is 11.5. The third kappa shape index (κ3) is 4.95. The minimum atomic E-state index is -1.47. The average Bonchev–Trinajstić information content (AvgIpc) is 2.72. The van der Waals surface area contributed by atoms with E-state index in [0.717, 1.165) is 11.1 Å². The van der Waals surface area contributed by atoms with Crippen molar-refractivity contribution in [2.24, 2.45) is 0 Å². The van der Waals surface area contributed by atoms with Gasteiger partial charge in [-0.3, -0.25) is 0 Å². The summed E-state index contributed by atoms with van der Waals surface area (Å²) in [5.74, 6) is -1.29. The third-order valence-corrected chi connectivity index (χ3v) is 4.57. The Morgan fingerprint density at radius 2 is 1.43 bits per heavy atom. The van der Waals surface area contributed by atoms with Crippen LogP contribution in [0, 0.1) is 0 Å². The van der Waals surface area contributed by atoms with Crippen molar-refractivity contribution in [1.29, 1.82) is 0 Å². The first-order valence-corrected chi connectivity index (χ1v) is 9.00. The molecule has 1 heterocycles. The molecule has 2 N–H and O–H groups in total. The van der Waals surface area contributed by atoms with E-state index in [-0.39, 0.29) is 13.2 Å². The lowest BCUT2D eigenvalue weighted by atomic mass is 9.98. The van der Waals surface area contributed by atoms with E-state index in [4.69, 9.17) is 18.9 Å². The van der Waals surface area contributed by atoms with Crippen LogP contribution in [0.3, 0.4) is 0 Å². The fraction of sp³-hybridized carbons (Fsp3) is 0.381.